The number of benzene rings is 1. The average Bonchev–Trinajstić information content (AvgIpc) is 2.49. The SMILES string of the molecule is O=C(O)c1ccc2c(nn[n]2[Ag])c1O. The van der Waals surface area contributed by atoms with Crippen molar-refractivity contribution >= 4 is 17.0 Å². The van der Waals surface area contributed by atoms with Gasteiger partial charge in [0.2, 0.25) is 0 Å². The summed E-state index contributed by atoms with van der Waals surface area (Å²) < 4.78 is 1.27. The van der Waals surface area contributed by atoms with Gasteiger partial charge in [-0.15, -0.1) is 0 Å². The number of rotatable bonds is 1. The Balaban J connectivity index is 2.82. The fourth-order valence-electron chi connectivity index (χ4n) is 1.10. The van der Waals surface area contributed by atoms with E-state index in [1.165, 1.54) is 15.2 Å². The van der Waals surface area contributed by atoms with E-state index in [1.807, 2.05) is 0 Å². The maximum absolute atomic E-state index is 10.6. The number of aromatic hydroxyl groups is 1. The van der Waals surface area contributed by atoms with Crippen molar-refractivity contribution in [2.45, 2.75) is 0 Å². The van der Waals surface area contributed by atoms with Crippen molar-refractivity contribution in [3.05, 3.63) is 17.7 Å². The quantitative estimate of drug-likeness (QED) is 0.728. The van der Waals surface area contributed by atoms with Gasteiger partial charge in [0.15, 0.2) is 0 Å². The molecule has 0 saturated carbocycles. The van der Waals surface area contributed by atoms with E-state index in [9.17, 15) is 9.90 Å². The summed E-state index contributed by atoms with van der Waals surface area (Å²) in [4.78, 5) is 10.6. The van der Waals surface area contributed by atoms with Crippen molar-refractivity contribution in [1.82, 2.24) is 13.4 Å². The van der Waals surface area contributed by atoms with Crippen molar-refractivity contribution in [3.63, 3.8) is 0 Å². The number of nitrogens with zero attached hydrogens (tertiary/aromatic N) is 3. The van der Waals surface area contributed by atoms with Gasteiger partial charge in [0.1, 0.15) is 0 Å². The van der Waals surface area contributed by atoms with Crippen LogP contribution in [0.15, 0.2) is 12.1 Å². The van der Waals surface area contributed by atoms with Gasteiger partial charge in [-0.2, -0.15) is 0 Å². The molecule has 1 aromatic heterocycles. The van der Waals surface area contributed by atoms with Crippen LogP contribution < -0.4 is 0 Å². The first-order valence-electron chi connectivity index (χ1n) is 3.54. The van der Waals surface area contributed by atoms with E-state index in [-0.39, 0.29) is 16.8 Å². The van der Waals surface area contributed by atoms with Crippen molar-refractivity contribution in [2.75, 3.05) is 0 Å². The molecule has 0 atom stereocenters. The molecule has 0 unspecified atom stereocenters. The Kier molecular flexibility index (Phi) is 2.03. The van der Waals surface area contributed by atoms with Crippen LogP contribution in [-0.4, -0.2) is 29.6 Å². The first kappa shape index (κ1) is 9.20. The molecule has 0 fully saturated rings. The third-order valence-electron chi connectivity index (χ3n) is 1.76. The van der Waals surface area contributed by atoms with Crippen LogP contribution in [0, 0.1) is 0 Å². The molecule has 7 heteroatoms. The van der Waals surface area contributed by atoms with Gasteiger partial charge in [-0.1, -0.05) is 0 Å². The standard InChI is InChI=1S/C7H5N3O3.Ag/c11-6-3(7(12)13)1-2-4-5(6)9-10-8-4;/h1-2H,(H3,8,9,10,11,12,13);/q;+1/p-1. The van der Waals surface area contributed by atoms with Crippen LogP contribution in [0.1, 0.15) is 10.4 Å². The molecule has 0 aliphatic carbocycles. The van der Waals surface area contributed by atoms with Gasteiger partial charge in [0.05, 0.1) is 0 Å². The van der Waals surface area contributed by atoms with E-state index in [1.54, 1.807) is 0 Å². The predicted octanol–water partition coefficient (Wildman–Crippen LogP) is 0.145. The summed E-state index contributed by atoms with van der Waals surface area (Å²) in [5.74, 6) is -1.58. The fourth-order valence-corrected chi connectivity index (χ4v) is 1.44. The summed E-state index contributed by atoms with van der Waals surface area (Å²) in [6.07, 6.45) is 0. The zero-order valence-corrected chi connectivity index (χ0v) is 8.08. The number of hydrogen-bond acceptors (Lipinski definition) is 4. The first-order valence-corrected chi connectivity index (χ1v) is 4.21. The molecule has 0 aliphatic rings. The van der Waals surface area contributed by atoms with Gasteiger partial charge < -0.3 is 0 Å². The summed E-state index contributed by atoms with van der Waals surface area (Å²) in [5, 5.41) is 25.4. The Labute approximate surface area is 90.4 Å². The number of hydrogen-bond donors (Lipinski definition) is 2. The monoisotopic (exact) mass is 285 g/mol. The second-order valence-electron chi connectivity index (χ2n) is 2.55. The van der Waals surface area contributed by atoms with Crippen LogP contribution in [0.2, 0.25) is 0 Å². The molecule has 2 rings (SSSR count). The molecule has 14 heavy (non-hydrogen) atoms. The van der Waals surface area contributed by atoms with Crippen molar-refractivity contribution in [3.8, 4) is 5.75 Å². The third kappa shape index (κ3) is 1.20. The molecule has 0 radical (unpaired) electrons. The summed E-state index contributed by atoms with van der Waals surface area (Å²) >= 11 is 3.07. The first-order chi connectivity index (χ1) is 6.61. The van der Waals surface area contributed by atoms with Crippen molar-refractivity contribution < 1.29 is 36.3 Å². The van der Waals surface area contributed by atoms with E-state index in [4.69, 9.17) is 5.11 Å². The zero-order chi connectivity index (χ0) is 10.3. The summed E-state index contributed by atoms with van der Waals surface area (Å²) in [6.45, 7) is 0. The number of aromatic nitrogens is 3. The molecular weight excluding hydrogens is 282 g/mol. The Morgan fingerprint density at radius 3 is 2.86 bits per heavy atom. The number of carboxylic acids is 1. The number of fused-ring (bicyclic) bond motifs is 1. The second kappa shape index (κ2) is 3.09. The summed E-state index contributed by atoms with van der Waals surface area (Å²) in [7, 11) is 0. The molecule has 0 aliphatic heterocycles. The predicted molar refractivity (Wildman–Crippen MR) is 41.6 cm³/mol. The molecule has 76 valence electrons. The van der Waals surface area contributed by atoms with Crippen molar-refractivity contribution in [1.29, 1.82) is 0 Å². The van der Waals surface area contributed by atoms with Gasteiger partial charge in [-0.3, -0.25) is 0 Å². The zero-order valence-electron chi connectivity index (χ0n) is 6.60. The Morgan fingerprint density at radius 1 is 1.50 bits per heavy atom. The number of aromatic carboxylic acids is 1. The minimum absolute atomic E-state index is 0.154. The van der Waals surface area contributed by atoms with Crippen LogP contribution in [0.4, 0.5) is 0 Å². The van der Waals surface area contributed by atoms with E-state index < -0.39 is 5.97 Å². The third-order valence-corrected chi connectivity index (χ3v) is 2.25. The van der Waals surface area contributed by atoms with Crippen LogP contribution >= 0.6 is 0 Å². The molecule has 0 bridgehead atoms. The van der Waals surface area contributed by atoms with E-state index in [0.717, 1.165) is 0 Å². The van der Waals surface area contributed by atoms with Crippen LogP contribution in [0.3, 0.4) is 0 Å². The van der Waals surface area contributed by atoms with Gasteiger partial charge in [-0.25, -0.2) is 0 Å². The number of phenols is 1. The maximum atomic E-state index is 10.6. The summed E-state index contributed by atoms with van der Waals surface area (Å²) in [5.41, 5.74) is 0.470. The molecule has 2 N–H and O–H groups in total. The molecule has 6 nitrogen and oxygen atoms in total. The molecule has 0 saturated heterocycles. The van der Waals surface area contributed by atoms with E-state index in [0.29, 0.717) is 5.52 Å². The molecule has 0 spiro atoms. The Hall–Kier alpha value is -1.37. The topological polar surface area (TPSA) is 88.2 Å². The fraction of sp³-hybridized carbons (Fsp3) is 0. The molecule has 2 aromatic rings. The van der Waals surface area contributed by atoms with Crippen LogP contribution in [0.5, 0.6) is 5.75 Å². The number of carboxylic acid groups (broad SMARTS) is 1. The van der Waals surface area contributed by atoms with E-state index in [2.05, 4.69) is 31.6 Å². The van der Waals surface area contributed by atoms with Crippen LogP contribution in [0.25, 0.3) is 11.0 Å². The van der Waals surface area contributed by atoms with Crippen LogP contribution in [-0.2, 0) is 21.3 Å². The Bertz CT molecular complexity index is 522. The molecule has 0 amide bonds. The van der Waals surface area contributed by atoms with Gasteiger partial charge in [0, 0.05) is 0 Å². The van der Waals surface area contributed by atoms with Gasteiger partial charge in [-0.05, 0) is 0 Å². The minimum atomic E-state index is -1.20. The number of carbonyl (C=O) groups is 1. The van der Waals surface area contributed by atoms with E-state index >= 15 is 0 Å². The Morgan fingerprint density at radius 2 is 2.21 bits per heavy atom. The second-order valence-corrected chi connectivity index (χ2v) is 3.18. The average molecular weight is 286 g/mol. The van der Waals surface area contributed by atoms with Gasteiger partial charge >= 0.3 is 90.2 Å². The molecule has 1 aromatic carbocycles. The summed E-state index contributed by atoms with van der Waals surface area (Å²) in [6, 6.07) is 2.80. The van der Waals surface area contributed by atoms with Gasteiger partial charge in [0.25, 0.3) is 0 Å². The van der Waals surface area contributed by atoms with Crippen molar-refractivity contribution in [2.24, 2.45) is 0 Å². The molecular formula is C7H4AgN3O3. The molecule has 1 heterocycles. The normalized spacial score (nSPS) is 10.7.